The van der Waals surface area contributed by atoms with Crippen molar-refractivity contribution in [1.29, 1.82) is 0 Å². The second kappa shape index (κ2) is 6.58. The minimum atomic E-state index is -0.500. The maximum Gasteiger partial charge on any atom is 0.123 e. The molecule has 1 aromatic carbocycles. The molecular weight excluding hydrogens is 311 g/mol. The van der Waals surface area contributed by atoms with Crippen molar-refractivity contribution in [3.63, 3.8) is 0 Å². The molecule has 24 heavy (non-hydrogen) atoms. The molecule has 4 rings (SSSR count). The van der Waals surface area contributed by atoms with Crippen LogP contribution in [0.2, 0.25) is 0 Å². The highest BCUT2D eigenvalue weighted by Crippen LogP contribution is 2.28. The lowest BCUT2D eigenvalue weighted by Crippen LogP contribution is -2.46. The first-order chi connectivity index (χ1) is 11.7. The highest BCUT2D eigenvalue weighted by Gasteiger charge is 2.37. The van der Waals surface area contributed by atoms with E-state index >= 15 is 0 Å². The Morgan fingerprint density at radius 2 is 2.25 bits per heavy atom. The summed E-state index contributed by atoms with van der Waals surface area (Å²) in [6.45, 7) is 1.76. The topological polar surface area (TPSA) is 72.2 Å². The second-order valence-corrected chi connectivity index (χ2v) is 6.65. The predicted octanol–water partition coefficient (Wildman–Crippen LogP) is 1.21. The molecule has 2 heterocycles. The van der Waals surface area contributed by atoms with Crippen molar-refractivity contribution in [2.24, 2.45) is 5.92 Å². The van der Waals surface area contributed by atoms with Crippen molar-refractivity contribution in [3.8, 4) is 11.3 Å². The molecule has 1 aliphatic carbocycles. The predicted molar refractivity (Wildman–Crippen MR) is 85.7 cm³/mol. The molecule has 1 saturated heterocycles. The summed E-state index contributed by atoms with van der Waals surface area (Å²) in [6.07, 6.45) is 3.66. The minimum absolute atomic E-state index is 0.0904. The third kappa shape index (κ3) is 3.48. The molecule has 2 N–H and O–H groups in total. The average Bonchev–Trinajstić information content (AvgIpc) is 3.18. The lowest BCUT2D eigenvalue weighted by Gasteiger charge is -2.21. The van der Waals surface area contributed by atoms with Crippen LogP contribution in [0.25, 0.3) is 11.3 Å². The van der Waals surface area contributed by atoms with Crippen LogP contribution in [0.4, 0.5) is 4.39 Å². The molecule has 7 heteroatoms. The number of aromatic nitrogens is 3. The lowest BCUT2D eigenvalue weighted by molar-refractivity contribution is 0.0742. The van der Waals surface area contributed by atoms with Gasteiger partial charge in [0.25, 0.3) is 0 Å². The van der Waals surface area contributed by atoms with Gasteiger partial charge in [0.1, 0.15) is 11.5 Å². The van der Waals surface area contributed by atoms with E-state index in [2.05, 4.69) is 15.6 Å². The third-order valence-electron chi connectivity index (χ3n) is 4.66. The third-order valence-corrected chi connectivity index (χ3v) is 4.66. The normalized spacial score (nSPS) is 26.8. The van der Waals surface area contributed by atoms with Crippen LogP contribution in [0.3, 0.4) is 0 Å². The monoisotopic (exact) mass is 332 g/mol. The molecule has 0 radical (unpaired) electrons. The number of hydrogen-bond donors (Lipinski definition) is 2. The Kier molecular flexibility index (Phi) is 4.30. The van der Waals surface area contributed by atoms with Gasteiger partial charge < -0.3 is 15.2 Å². The van der Waals surface area contributed by atoms with Gasteiger partial charge in [-0.05, 0) is 37.4 Å². The van der Waals surface area contributed by atoms with Crippen LogP contribution in [0.5, 0.6) is 0 Å². The Labute approximate surface area is 139 Å². The van der Waals surface area contributed by atoms with Crippen LogP contribution in [-0.4, -0.2) is 51.5 Å². The average molecular weight is 332 g/mol. The number of halogens is 1. The molecule has 0 spiro atoms. The van der Waals surface area contributed by atoms with Gasteiger partial charge in [0, 0.05) is 5.56 Å². The Hall–Kier alpha value is -1.83. The summed E-state index contributed by atoms with van der Waals surface area (Å²) in [7, 11) is 0. The summed E-state index contributed by atoms with van der Waals surface area (Å²) < 4.78 is 20.7. The molecule has 2 fully saturated rings. The number of ether oxygens (including phenoxy) is 1. The summed E-state index contributed by atoms with van der Waals surface area (Å²) in [6, 6.07) is 6.19. The van der Waals surface area contributed by atoms with E-state index in [0.29, 0.717) is 24.4 Å². The minimum Gasteiger partial charge on any atom is -0.389 e. The zero-order valence-corrected chi connectivity index (χ0v) is 13.3. The number of aliphatic hydroxyl groups excluding tert-OH is 1. The highest BCUT2D eigenvalue weighted by atomic mass is 19.1. The van der Waals surface area contributed by atoms with Crippen molar-refractivity contribution in [1.82, 2.24) is 20.3 Å². The number of benzene rings is 1. The molecule has 6 nitrogen and oxygen atoms in total. The van der Waals surface area contributed by atoms with Gasteiger partial charge in [-0.25, -0.2) is 9.07 Å². The van der Waals surface area contributed by atoms with E-state index in [-0.39, 0.29) is 18.0 Å². The molecule has 0 amide bonds. The van der Waals surface area contributed by atoms with Gasteiger partial charge in [0.2, 0.25) is 0 Å². The quantitative estimate of drug-likeness (QED) is 0.832. The van der Waals surface area contributed by atoms with Crippen molar-refractivity contribution in [2.75, 3.05) is 13.2 Å². The zero-order chi connectivity index (χ0) is 16.5. The SMILES string of the molecule is O[C@H]1CO[C@H](Cn2cc(-c3cccc(F)c3)nn2)[C@@H]1NCC1CC1. The fourth-order valence-corrected chi connectivity index (χ4v) is 3.09. The van der Waals surface area contributed by atoms with Crippen LogP contribution in [0.1, 0.15) is 12.8 Å². The van der Waals surface area contributed by atoms with Crippen molar-refractivity contribution >= 4 is 0 Å². The van der Waals surface area contributed by atoms with Gasteiger partial charge in [-0.3, -0.25) is 0 Å². The summed E-state index contributed by atoms with van der Waals surface area (Å²) in [5.74, 6) is 0.443. The first-order valence-corrected chi connectivity index (χ1v) is 8.38. The summed E-state index contributed by atoms with van der Waals surface area (Å²) in [5.41, 5.74) is 1.31. The van der Waals surface area contributed by atoms with E-state index in [1.54, 1.807) is 23.0 Å². The molecule has 0 bridgehead atoms. The van der Waals surface area contributed by atoms with E-state index in [9.17, 15) is 9.50 Å². The van der Waals surface area contributed by atoms with Crippen LogP contribution in [0, 0.1) is 11.7 Å². The van der Waals surface area contributed by atoms with Crippen LogP contribution < -0.4 is 5.32 Å². The van der Waals surface area contributed by atoms with Gasteiger partial charge in [-0.2, -0.15) is 0 Å². The molecule has 2 aliphatic rings. The highest BCUT2D eigenvalue weighted by molar-refractivity contribution is 5.57. The lowest BCUT2D eigenvalue weighted by atomic mass is 10.1. The molecule has 1 aliphatic heterocycles. The number of aliphatic hydroxyl groups is 1. The molecule has 1 aromatic heterocycles. The number of rotatable bonds is 6. The zero-order valence-electron chi connectivity index (χ0n) is 13.3. The Bertz CT molecular complexity index is 703. The fraction of sp³-hybridized carbons (Fsp3) is 0.529. The van der Waals surface area contributed by atoms with E-state index in [0.717, 1.165) is 12.5 Å². The first-order valence-electron chi connectivity index (χ1n) is 8.38. The van der Waals surface area contributed by atoms with Gasteiger partial charge in [-0.15, -0.1) is 5.10 Å². The van der Waals surface area contributed by atoms with Crippen molar-refractivity contribution in [3.05, 3.63) is 36.3 Å². The largest absolute Gasteiger partial charge is 0.389 e. The summed E-state index contributed by atoms with van der Waals surface area (Å²) in [5, 5.41) is 21.7. The van der Waals surface area contributed by atoms with E-state index in [4.69, 9.17) is 4.74 Å². The molecule has 1 saturated carbocycles. The van der Waals surface area contributed by atoms with Gasteiger partial charge in [0.15, 0.2) is 0 Å². The van der Waals surface area contributed by atoms with Crippen LogP contribution in [0.15, 0.2) is 30.5 Å². The molecule has 0 unspecified atom stereocenters. The Morgan fingerprint density at radius 3 is 3.04 bits per heavy atom. The maximum atomic E-state index is 13.3. The molecule has 3 atom stereocenters. The fourth-order valence-electron chi connectivity index (χ4n) is 3.09. The second-order valence-electron chi connectivity index (χ2n) is 6.65. The Balaban J connectivity index is 1.42. The van der Waals surface area contributed by atoms with Crippen molar-refractivity contribution in [2.45, 2.75) is 37.6 Å². The standard InChI is InChI=1S/C17H21FN4O2/c18-13-3-1-2-12(6-13)14-8-22(21-20-14)9-16-17(15(23)10-24-16)19-7-11-4-5-11/h1-3,6,8,11,15-17,19,23H,4-5,7,9-10H2/t15-,16+,17+/m0/s1. The smallest absolute Gasteiger partial charge is 0.123 e. The van der Waals surface area contributed by atoms with Gasteiger partial charge in [-0.1, -0.05) is 17.3 Å². The first kappa shape index (κ1) is 15.7. The molecule has 2 aromatic rings. The van der Waals surface area contributed by atoms with E-state index in [1.165, 1.54) is 25.0 Å². The summed E-state index contributed by atoms with van der Waals surface area (Å²) >= 11 is 0. The van der Waals surface area contributed by atoms with E-state index < -0.39 is 6.10 Å². The van der Waals surface area contributed by atoms with Crippen molar-refractivity contribution < 1.29 is 14.2 Å². The van der Waals surface area contributed by atoms with Crippen LogP contribution >= 0.6 is 0 Å². The summed E-state index contributed by atoms with van der Waals surface area (Å²) in [4.78, 5) is 0. The van der Waals surface area contributed by atoms with Gasteiger partial charge >= 0.3 is 0 Å². The van der Waals surface area contributed by atoms with Gasteiger partial charge in [0.05, 0.1) is 37.6 Å². The number of nitrogens with zero attached hydrogens (tertiary/aromatic N) is 3. The maximum absolute atomic E-state index is 13.3. The molecule has 128 valence electrons. The molecular formula is C17H21FN4O2. The Morgan fingerprint density at radius 1 is 1.38 bits per heavy atom. The van der Waals surface area contributed by atoms with E-state index in [1.807, 2.05) is 0 Å². The number of hydrogen-bond acceptors (Lipinski definition) is 5. The van der Waals surface area contributed by atoms with Crippen LogP contribution in [-0.2, 0) is 11.3 Å². The number of nitrogens with one attached hydrogen (secondary N) is 1.